The molecule has 0 aliphatic heterocycles. The Morgan fingerprint density at radius 1 is 1.57 bits per heavy atom. The number of hydrogen-bond donors (Lipinski definition) is 2. The number of pyridine rings is 1. The topological polar surface area (TPSA) is 77.0 Å². The van der Waals surface area contributed by atoms with Crippen molar-refractivity contribution in [1.82, 2.24) is 14.8 Å². The van der Waals surface area contributed by atoms with Crippen molar-refractivity contribution in [2.75, 3.05) is 6.61 Å². The molecule has 2 heterocycles. The summed E-state index contributed by atoms with van der Waals surface area (Å²) in [5.41, 5.74) is 7.32. The van der Waals surface area contributed by atoms with Crippen molar-refractivity contribution >= 4 is 11.0 Å². The van der Waals surface area contributed by atoms with Gasteiger partial charge in [-0.05, 0) is 11.6 Å². The van der Waals surface area contributed by atoms with Gasteiger partial charge in [-0.1, -0.05) is 0 Å². The predicted octanol–water partition coefficient (Wildman–Crippen LogP) is -0.0396. The third-order valence-electron chi connectivity index (χ3n) is 2.22. The van der Waals surface area contributed by atoms with Crippen molar-refractivity contribution in [3.05, 3.63) is 24.0 Å². The molecule has 3 N–H and O–H groups in total. The summed E-state index contributed by atoms with van der Waals surface area (Å²) >= 11 is 0. The SMILES string of the molecule is Cn1ncc2cc(C(N)CO)cnc21. The van der Waals surface area contributed by atoms with Gasteiger partial charge in [0.2, 0.25) is 0 Å². The second kappa shape index (κ2) is 3.36. The molecular formula is C9H12N4O. The fourth-order valence-corrected chi connectivity index (χ4v) is 1.37. The molecule has 0 saturated heterocycles. The van der Waals surface area contributed by atoms with Crippen LogP contribution in [0.4, 0.5) is 0 Å². The molecule has 5 nitrogen and oxygen atoms in total. The van der Waals surface area contributed by atoms with Crippen LogP contribution in [0.1, 0.15) is 11.6 Å². The second-order valence-corrected chi connectivity index (χ2v) is 3.24. The number of aryl methyl sites for hydroxylation is 1. The highest BCUT2D eigenvalue weighted by molar-refractivity contribution is 5.74. The fraction of sp³-hybridized carbons (Fsp3) is 0.333. The lowest BCUT2D eigenvalue weighted by atomic mass is 10.1. The van der Waals surface area contributed by atoms with Crippen LogP contribution in [-0.2, 0) is 7.05 Å². The van der Waals surface area contributed by atoms with Crippen LogP contribution in [0.15, 0.2) is 18.5 Å². The zero-order valence-electron chi connectivity index (χ0n) is 7.88. The molecule has 0 radical (unpaired) electrons. The number of aliphatic hydroxyl groups excluding tert-OH is 1. The summed E-state index contributed by atoms with van der Waals surface area (Å²) in [6.45, 7) is -0.0759. The summed E-state index contributed by atoms with van der Waals surface area (Å²) in [7, 11) is 1.83. The maximum Gasteiger partial charge on any atom is 0.157 e. The first-order chi connectivity index (χ1) is 6.72. The average molecular weight is 192 g/mol. The van der Waals surface area contributed by atoms with E-state index in [0.717, 1.165) is 16.6 Å². The minimum atomic E-state index is -0.368. The standard InChI is InChI=1S/C9H12N4O/c1-13-9-7(4-12-13)2-6(3-11-9)8(10)5-14/h2-4,8,14H,5,10H2,1H3. The Morgan fingerprint density at radius 3 is 3.07 bits per heavy atom. The molecule has 2 aromatic rings. The lowest BCUT2D eigenvalue weighted by Crippen LogP contribution is -2.14. The van der Waals surface area contributed by atoms with Gasteiger partial charge in [0.25, 0.3) is 0 Å². The summed E-state index contributed by atoms with van der Waals surface area (Å²) < 4.78 is 1.70. The van der Waals surface area contributed by atoms with E-state index in [2.05, 4.69) is 10.1 Å². The Labute approximate surface area is 81.2 Å². The van der Waals surface area contributed by atoms with Gasteiger partial charge in [-0.15, -0.1) is 0 Å². The van der Waals surface area contributed by atoms with E-state index >= 15 is 0 Å². The molecule has 1 unspecified atom stereocenters. The molecule has 5 heteroatoms. The van der Waals surface area contributed by atoms with Gasteiger partial charge in [-0.3, -0.25) is 4.68 Å². The number of fused-ring (bicyclic) bond motifs is 1. The zero-order chi connectivity index (χ0) is 10.1. The normalized spacial score (nSPS) is 13.4. The van der Waals surface area contributed by atoms with Gasteiger partial charge < -0.3 is 10.8 Å². The number of nitrogens with two attached hydrogens (primary N) is 1. The fourth-order valence-electron chi connectivity index (χ4n) is 1.37. The monoisotopic (exact) mass is 192 g/mol. The van der Waals surface area contributed by atoms with Crippen LogP contribution in [0, 0.1) is 0 Å². The summed E-state index contributed by atoms with van der Waals surface area (Å²) in [6, 6.07) is 1.53. The van der Waals surface area contributed by atoms with E-state index in [1.807, 2.05) is 13.1 Å². The third kappa shape index (κ3) is 1.36. The predicted molar refractivity (Wildman–Crippen MR) is 52.5 cm³/mol. The van der Waals surface area contributed by atoms with E-state index in [4.69, 9.17) is 10.8 Å². The molecular weight excluding hydrogens is 180 g/mol. The molecule has 1 atom stereocenters. The van der Waals surface area contributed by atoms with Gasteiger partial charge >= 0.3 is 0 Å². The van der Waals surface area contributed by atoms with E-state index < -0.39 is 0 Å². The zero-order valence-corrected chi connectivity index (χ0v) is 7.88. The molecule has 0 bridgehead atoms. The average Bonchev–Trinajstić information content (AvgIpc) is 2.59. The third-order valence-corrected chi connectivity index (χ3v) is 2.22. The molecule has 0 aliphatic rings. The quantitative estimate of drug-likeness (QED) is 0.700. The number of aliphatic hydroxyl groups is 1. The van der Waals surface area contributed by atoms with E-state index in [1.54, 1.807) is 17.1 Å². The van der Waals surface area contributed by atoms with Gasteiger partial charge in [-0.25, -0.2) is 4.98 Å². The van der Waals surface area contributed by atoms with E-state index in [1.165, 1.54) is 0 Å². The summed E-state index contributed by atoms with van der Waals surface area (Å²) in [4.78, 5) is 4.22. The molecule has 0 amide bonds. The van der Waals surface area contributed by atoms with Crippen molar-refractivity contribution in [2.45, 2.75) is 6.04 Å². The molecule has 14 heavy (non-hydrogen) atoms. The summed E-state index contributed by atoms with van der Waals surface area (Å²) in [5, 5.41) is 13.9. The Balaban J connectivity index is 2.52. The van der Waals surface area contributed by atoms with Crippen LogP contribution in [0.3, 0.4) is 0 Å². The Morgan fingerprint density at radius 2 is 2.36 bits per heavy atom. The minimum Gasteiger partial charge on any atom is -0.394 e. The van der Waals surface area contributed by atoms with E-state index in [9.17, 15) is 0 Å². The van der Waals surface area contributed by atoms with Crippen molar-refractivity contribution in [2.24, 2.45) is 12.8 Å². The smallest absolute Gasteiger partial charge is 0.157 e. The van der Waals surface area contributed by atoms with Crippen molar-refractivity contribution in [3.63, 3.8) is 0 Å². The molecule has 0 fully saturated rings. The van der Waals surface area contributed by atoms with Crippen molar-refractivity contribution < 1.29 is 5.11 Å². The first kappa shape index (κ1) is 9.11. The Hall–Kier alpha value is -1.46. The molecule has 2 rings (SSSR count). The first-order valence-electron chi connectivity index (χ1n) is 4.36. The van der Waals surface area contributed by atoms with Crippen molar-refractivity contribution in [3.8, 4) is 0 Å². The van der Waals surface area contributed by atoms with Gasteiger partial charge in [0, 0.05) is 18.6 Å². The number of hydrogen-bond acceptors (Lipinski definition) is 4. The van der Waals surface area contributed by atoms with Gasteiger partial charge in [-0.2, -0.15) is 5.10 Å². The maximum atomic E-state index is 8.89. The van der Waals surface area contributed by atoms with Crippen LogP contribution < -0.4 is 5.73 Å². The number of rotatable bonds is 2. The van der Waals surface area contributed by atoms with Crippen LogP contribution in [0.2, 0.25) is 0 Å². The minimum absolute atomic E-state index is 0.0759. The van der Waals surface area contributed by atoms with Gasteiger partial charge in [0.1, 0.15) is 0 Å². The highest BCUT2D eigenvalue weighted by atomic mass is 16.3. The van der Waals surface area contributed by atoms with Crippen LogP contribution in [0.5, 0.6) is 0 Å². The van der Waals surface area contributed by atoms with Crippen LogP contribution in [0.25, 0.3) is 11.0 Å². The second-order valence-electron chi connectivity index (χ2n) is 3.24. The number of aromatic nitrogens is 3. The van der Waals surface area contributed by atoms with Crippen LogP contribution in [-0.4, -0.2) is 26.5 Å². The highest BCUT2D eigenvalue weighted by Gasteiger charge is 2.07. The highest BCUT2D eigenvalue weighted by Crippen LogP contribution is 2.15. The molecule has 0 aromatic carbocycles. The van der Waals surface area contributed by atoms with Crippen molar-refractivity contribution in [1.29, 1.82) is 0 Å². The summed E-state index contributed by atoms with van der Waals surface area (Å²) in [6.07, 6.45) is 3.40. The first-order valence-corrected chi connectivity index (χ1v) is 4.36. The van der Waals surface area contributed by atoms with Crippen LogP contribution >= 0.6 is 0 Å². The molecule has 0 spiro atoms. The van der Waals surface area contributed by atoms with E-state index in [0.29, 0.717) is 0 Å². The Kier molecular flexibility index (Phi) is 2.18. The lowest BCUT2D eigenvalue weighted by molar-refractivity contribution is 0.268. The Bertz CT molecular complexity index is 451. The van der Waals surface area contributed by atoms with E-state index in [-0.39, 0.29) is 12.6 Å². The van der Waals surface area contributed by atoms with Gasteiger partial charge in [0.15, 0.2) is 5.65 Å². The summed E-state index contributed by atoms with van der Waals surface area (Å²) in [5.74, 6) is 0. The molecule has 74 valence electrons. The lowest BCUT2D eigenvalue weighted by Gasteiger charge is -2.07. The largest absolute Gasteiger partial charge is 0.394 e. The maximum absolute atomic E-state index is 8.89. The number of nitrogens with zero attached hydrogens (tertiary/aromatic N) is 3. The molecule has 0 aliphatic carbocycles. The molecule has 2 aromatic heterocycles. The van der Waals surface area contributed by atoms with Gasteiger partial charge in [0.05, 0.1) is 18.8 Å². The molecule has 0 saturated carbocycles.